The molecule has 0 aromatic heterocycles. The standard InChI is InChI=1S/C16H25NO3S/c1-4-12-7-9-13(10-8-12)14-15(21(18,19)6-3)16(14,17)11-20-5-2/h7-10,14-15H,4-6,11,17H2,1-3H3. The molecule has 1 aromatic rings. The summed E-state index contributed by atoms with van der Waals surface area (Å²) in [5, 5.41) is -0.533. The van der Waals surface area contributed by atoms with Gasteiger partial charge in [0.1, 0.15) is 0 Å². The summed E-state index contributed by atoms with van der Waals surface area (Å²) < 4.78 is 30.1. The van der Waals surface area contributed by atoms with Crippen LogP contribution in [0.25, 0.3) is 0 Å². The predicted octanol–water partition coefficient (Wildman–Crippen LogP) is 1.88. The molecule has 1 aliphatic rings. The minimum Gasteiger partial charge on any atom is -0.380 e. The van der Waals surface area contributed by atoms with E-state index in [2.05, 4.69) is 6.92 Å². The van der Waals surface area contributed by atoms with E-state index < -0.39 is 20.6 Å². The molecule has 0 radical (unpaired) electrons. The second-order valence-corrected chi connectivity index (χ2v) is 8.11. The first-order valence-electron chi connectivity index (χ1n) is 7.57. The first kappa shape index (κ1) is 16.5. The van der Waals surface area contributed by atoms with Gasteiger partial charge >= 0.3 is 0 Å². The Balaban J connectivity index is 2.30. The smallest absolute Gasteiger partial charge is 0.155 e. The minimum absolute atomic E-state index is 0.117. The van der Waals surface area contributed by atoms with Crippen molar-refractivity contribution in [2.45, 2.75) is 43.9 Å². The Bertz CT molecular complexity index is 582. The van der Waals surface area contributed by atoms with E-state index in [-0.39, 0.29) is 18.3 Å². The molecule has 1 saturated carbocycles. The lowest BCUT2D eigenvalue weighted by molar-refractivity contribution is 0.125. The molecule has 0 amide bonds. The summed E-state index contributed by atoms with van der Waals surface area (Å²) in [6, 6.07) is 8.10. The van der Waals surface area contributed by atoms with E-state index in [1.165, 1.54) is 5.56 Å². The van der Waals surface area contributed by atoms with Crippen LogP contribution in [-0.2, 0) is 21.0 Å². The number of ether oxygens (including phenoxy) is 1. The number of sulfone groups is 1. The highest BCUT2D eigenvalue weighted by Gasteiger charge is 2.68. The average molecular weight is 311 g/mol. The number of rotatable bonds is 7. The molecule has 1 aromatic carbocycles. The number of nitrogens with two attached hydrogens (primary N) is 1. The second-order valence-electron chi connectivity index (χ2n) is 5.69. The molecular weight excluding hydrogens is 286 g/mol. The fraction of sp³-hybridized carbons (Fsp3) is 0.625. The monoisotopic (exact) mass is 311 g/mol. The van der Waals surface area contributed by atoms with Crippen LogP contribution in [0, 0.1) is 0 Å². The summed E-state index contributed by atoms with van der Waals surface area (Å²) in [6.45, 7) is 6.48. The van der Waals surface area contributed by atoms with Crippen molar-refractivity contribution in [2.75, 3.05) is 19.0 Å². The fourth-order valence-corrected chi connectivity index (χ4v) is 5.03. The molecule has 0 bridgehead atoms. The number of hydrogen-bond acceptors (Lipinski definition) is 4. The molecular formula is C16H25NO3S. The van der Waals surface area contributed by atoms with Gasteiger partial charge in [-0.25, -0.2) is 8.42 Å². The molecule has 5 heteroatoms. The van der Waals surface area contributed by atoms with E-state index >= 15 is 0 Å². The van der Waals surface area contributed by atoms with Crippen LogP contribution < -0.4 is 5.73 Å². The zero-order chi connectivity index (χ0) is 15.7. The van der Waals surface area contributed by atoms with Crippen molar-refractivity contribution in [1.82, 2.24) is 0 Å². The van der Waals surface area contributed by atoms with Crippen LogP contribution in [0.15, 0.2) is 24.3 Å². The number of aryl methyl sites for hydroxylation is 1. The third-order valence-electron chi connectivity index (χ3n) is 4.39. The molecule has 0 aliphatic heterocycles. The Morgan fingerprint density at radius 3 is 2.29 bits per heavy atom. The molecule has 2 rings (SSSR count). The summed E-state index contributed by atoms with van der Waals surface area (Å²) in [7, 11) is -3.18. The minimum atomic E-state index is -3.18. The Kier molecular flexibility index (Phi) is 4.76. The zero-order valence-electron chi connectivity index (χ0n) is 13.0. The number of benzene rings is 1. The van der Waals surface area contributed by atoms with E-state index in [1.807, 2.05) is 31.2 Å². The summed E-state index contributed by atoms with van der Waals surface area (Å²) >= 11 is 0. The lowest BCUT2D eigenvalue weighted by Crippen LogP contribution is -2.36. The van der Waals surface area contributed by atoms with Gasteiger partial charge in [0.15, 0.2) is 9.84 Å². The van der Waals surface area contributed by atoms with Crippen molar-refractivity contribution in [3.8, 4) is 0 Å². The van der Waals surface area contributed by atoms with E-state index in [9.17, 15) is 8.42 Å². The lowest BCUT2D eigenvalue weighted by atomic mass is 10.0. The van der Waals surface area contributed by atoms with Crippen LogP contribution in [0.4, 0.5) is 0 Å². The Labute approximate surface area is 127 Å². The molecule has 3 unspecified atom stereocenters. The Hall–Kier alpha value is -0.910. The Morgan fingerprint density at radius 1 is 1.19 bits per heavy atom. The fourth-order valence-electron chi connectivity index (χ4n) is 3.04. The van der Waals surface area contributed by atoms with Crippen molar-refractivity contribution >= 4 is 9.84 Å². The number of hydrogen-bond donors (Lipinski definition) is 1. The molecule has 1 fully saturated rings. The molecule has 4 nitrogen and oxygen atoms in total. The van der Waals surface area contributed by atoms with Crippen LogP contribution in [0.5, 0.6) is 0 Å². The van der Waals surface area contributed by atoms with Crippen LogP contribution in [-0.4, -0.2) is 38.2 Å². The van der Waals surface area contributed by atoms with Crippen molar-refractivity contribution < 1.29 is 13.2 Å². The van der Waals surface area contributed by atoms with E-state index in [0.717, 1.165) is 12.0 Å². The SMILES string of the molecule is CCOCC1(N)C(c2ccc(CC)cc2)C1S(=O)(=O)CC. The second kappa shape index (κ2) is 6.07. The van der Waals surface area contributed by atoms with Gasteiger partial charge in [-0.05, 0) is 24.5 Å². The quantitative estimate of drug-likeness (QED) is 0.835. The van der Waals surface area contributed by atoms with Crippen LogP contribution in [0.3, 0.4) is 0 Å². The third-order valence-corrected chi connectivity index (χ3v) is 6.68. The van der Waals surface area contributed by atoms with Crippen molar-refractivity contribution in [2.24, 2.45) is 5.73 Å². The molecule has 118 valence electrons. The van der Waals surface area contributed by atoms with Crippen molar-refractivity contribution in [3.05, 3.63) is 35.4 Å². The molecule has 0 spiro atoms. The van der Waals surface area contributed by atoms with Crippen LogP contribution >= 0.6 is 0 Å². The van der Waals surface area contributed by atoms with Gasteiger partial charge in [0, 0.05) is 18.3 Å². The van der Waals surface area contributed by atoms with Crippen LogP contribution in [0.2, 0.25) is 0 Å². The van der Waals surface area contributed by atoms with Gasteiger partial charge in [0.05, 0.1) is 17.4 Å². The maximum absolute atomic E-state index is 12.3. The Morgan fingerprint density at radius 2 is 1.81 bits per heavy atom. The zero-order valence-corrected chi connectivity index (χ0v) is 13.8. The highest BCUT2D eigenvalue weighted by molar-refractivity contribution is 7.92. The van der Waals surface area contributed by atoms with Gasteiger partial charge in [0.2, 0.25) is 0 Å². The molecule has 21 heavy (non-hydrogen) atoms. The summed E-state index contributed by atoms with van der Waals surface area (Å²) in [5.41, 5.74) is 7.82. The van der Waals surface area contributed by atoms with Gasteiger partial charge in [0.25, 0.3) is 0 Å². The van der Waals surface area contributed by atoms with Gasteiger partial charge in [-0.1, -0.05) is 38.1 Å². The van der Waals surface area contributed by atoms with Gasteiger partial charge in [-0.2, -0.15) is 0 Å². The first-order valence-corrected chi connectivity index (χ1v) is 9.29. The topological polar surface area (TPSA) is 69.4 Å². The molecule has 0 saturated heterocycles. The van der Waals surface area contributed by atoms with Gasteiger partial charge < -0.3 is 10.5 Å². The molecule has 2 N–H and O–H groups in total. The maximum atomic E-state index is 12.3. The van der Waals surface area contributed by atoms with E-state index in [1.54, 1.807) is 6.92 Å². The highest BCUT2D eigenvalue weighted by Crippen LogP contribution is 2.54. The molecule has 1 aliphatic carbocycles. The van der Waals surface area contributed by atoms with Crippen molar-refractivity contribution in [1.29, 1.82) is 0 Å². The highest BCUT2D eigenvalue weighted by atomic mass is 32.2. The van der Waals surface area contributed by atoms with Gasteiger partial charge in [-0.3, -0.25) is 0 Å². The summed E-state index contributed by atoms with van der Waals surface area (Å²) in [4.78, 5) is 0. The predicted molar refractivity (Wildman–Crippen MR) is 85.2 cm³/mol. The first-order chi connectivity index (χ1) is 9.90. The van der Waals surface area contributed by atoms with Crippen molar-refractivity contribution in [3.63, 3.8) is 0 Å². The third kappa shape index (κ3) is 3.00. The molecule has 3 atom stereocenters. The van der Waals surface area contributed by atoms with E-state index in [0.29, 0.717) is 6.61 Å². The normalized spacial score (nSPS) is 28.6. The molecule has 0 heterocycles. The van der Waals surface area contributed by atoms with Crippen LogP contribution in [0.1, 0.15) is 37.8 Å². The van der Waals surface area contributed by atoms with E-state index in [4.69, 9.17) is 10.5 Å². The average Bonchev–Trinajstić information content (AvgIpc) is 3.12. The largest absolute Gasteiger partial charge is 0.380 e. The summed E-state index contributed by atoms with van der Waals surface area (Å²) in [6.07, 6.45) is 0.967. The van der Waals surface area contributed by atoms with Gasteiger partial charge in [-0.15, -0.1) is 0 Å². The summed E-state index contributed by atoms with van der Waals surface area (Å²) in [5.74, 6) is -0.0494. The lowest BCUT2D eigenvalue weighted by Gasteiger charge is -2.12. The maximum Gasteiger partial charge on any atom is 0.155 e.